The normalized spacial score (nSPS) is 24.2. The highest BCUT2D eigenvalue weighted by Gasteiger charge is 2.35. The van der Waals surface area contributed by atoms with Crippen LogP contribution in [0.3, 0.4) is 0 Å². The van der Waals surface area contributed by atoms with Crippen molar-refractivity contribution in [2.45, 2.75) is 31.8 Å². The average Bonchev–Trinajstić information content (AvgIpc) is 3.17. The number of nitrogens with zero attached hydrogens (tertiary/aromatic N) is 1. The van der Waals surface area contributed by atoms with E-state index >= 15 is 0 Å². The van der Waals surface area contributed by atoms with Gasteiger partial charge in [-0.25, -0.2) is 0 Å². The molecule has 2 aliphatic rings. The van der Waals surface area contributed by atoms with Crippen molar-refractivity contribution in [1.82, 2.24) is 5.32 Å². The van der Waals surface area contributed by atoms with Crippen LogP contribution >= 0.6 is 15.9 Å². The lowest BCUT2D eigenvalue weighted by Crippen LogP contribution is -2.34. The molecule has 2 saturated heterocycles. The van der Waals surface area contributed by atoms with Gasteiger partial charge in [0.2, 0.25) is 11.8 Å². The van der Waals surface area contributed by atoms with Crippen molar-refractivity contribution in [1.29, 1.82) is 0 Å². The summed E-state index contributed by atoms with van der Waals surface area (Å²) < 4.78 is 6.41. The highest BCUT2D eigenvalue weighted by atomic mass is 79.9. The number of carbonyl (C=O) groups is 2. The number of nitrogens with one attached hydrogen (secondary N) is 1. The Balaban J connectivity index is 1.52. The fourth-order valence-corrected chi connectivity index (χ4v) is 3.66. The summed E-state index contributed by atoms with van der Waals surface area (Å²) in [7, 11) is 0. The van der Waals surface area contributed by atoms with Gasteiger partial charge in [-0.2, -0.15) is 0 Å². The predicted molar refractivity (Wildman–Crippen MR) is 91.2 cm³/mol. The van der Waals surface area contributed by atoms with Gasteiger partial charge in [0.15, 0.2) is 0 Å². The number of ether oxygens (including phenoxy) is 1. The first-order chi connectivity index (χ1) is 11.1. The van der Waals surface area contributed by atoms with Gasteiger partial charge in [-0.05, 0) is 47.3 Å². The molecule has 0 bridgehead atoms. The van der Waals surface area contributed by atoms with E-state index in [1.807, 2.05) is 24.3 Å². The summed E-state index contributed by atoms with van der Waals surface area (Å²) in [4.78, 5) is 26.2. The minimum Gasteiger partial charge on any atom is -0.378 e. The molecule has 2 amide bonds. The lowest BCUT2D eigenvalue weighted by atomic mass is 10.1. The Morgan fingerprint density at radius 1 is 1.39 bits per heavy atom. The number of hydrogen-bond donors (Lipinski definition) is 1. The molecule has 1 aromatic carbocycles. The van der Waals surface area contributed by atoms with E-state index in [2.05, 4.69) is 21.2 Å². The minimum absolute atomic E-state index is 0.00354. The van der Waals surface area contributed by atoms with Crippen molar-refractivity contribution in [3.8, 4) is 0 Å². The number of carbonyl (C=O) groups excluding carboxylic acids is 2. The number of amides is 2. The van der Waals surface area contributed by atoms with E-state index in [9.17, 15) is 9.59 Å². The van der Waals surface area contributed by atoms with Crippen molar-refractivity contribution in [2.24, 2.45) is 5.92 Å². The molecule has 1 aromatic rings. The van der Waals surface area contributed by atoms with E-state index in [4.69, 9.17) is 4.74 Å². The molecule has 23 heavy (non-hydrogen) atoms. The molecule has 5 nitrogen and oxygen atoms in total. The van der Waals surface area contributed by atoms with E-state index in [-0.39, 0.29) is 30.3 Å². The molecule has 0 aliphatic carbocycles. The number of anilines is 1. The van der Waals surface area contributed by atoms with Crippen LogP contribution in [0.4, 0.5) is 5.69 Å². The summed E-state index contributed by atoms with van der Waals surface area (Å²) in [5.74, 6) is -0.318. The third kappa shape index (κ3) is 3.93. The first-order valence-electron chi connectivity index (χ1n) is 8.09. The van der Waals surface area contributed by atoms with Crippen LogP contribution in [0.15, 0.2) is 28.7 Å². The number of rotatable bonds is 5. The van der Waals surface area contributed by atoms with Crippen LogP contribution in [0.1, 0.15) is 25.7 Å². The van der Waals surface area contributed by atoms with Crippen molar-refractivity contribution >= 4 is 33.4 Å². The number of halogens is 1. The lowest BCUT2D eigenvalue weighted by Gasteiger charge is -2.18. The molecule has 2 atom stereocenters. The molecule has 2 heterocycles. The van der Waals surface area contributed by atoms with E-state index in [0.29, 0.717) is 13.1 Å². The van der Waals surface area contributed by atoms with E-state index in [1.54, 1.807) is 4.90 Å². The zero-order chi connectivity index (χ0) is 16.2. The summed E-state index contributed by atoms with van der Waals surface area (Å²) in [6, 6.07) is 7.59. The molecule has 0 spiro atoms. The van der Waals surface area contributed by atoms with Crippen LogP contribution in [0.25, 0.3) is 0 Å². The van der Waals surface area contributed by atoms with Gasteiger partial charge in [-0.1, -0.05) is 12.1 Å². The first-order valence-corrected chi connectivity index (χ1v) is 8.88. The van der Waals surface area contributed by atoms with Crippen LogP contribution in [0.2, 0.25) is 0 Å². The summed E-state index contributed by atoms with van der Waals surface area (Å²) >= 11 is 3.46. The lowest BCUT2D eigenvalue weighted by molar-refractivity contribution is -0.126. The second-order valence-electron chi connectivity index (χ2n) is 6.07. The van der Waals surface area contributed by atoms with Crippen molar-refractivity contribution in [2.75, 3.05) is 24.6 Å². The molecule has 124 valence electrons. The van der Waals surface area contributed by atoms with Crippen LogP contribution in [0.5, 0.6) is 0 Å². The molecule has 2 aliphatic heterocycles. The third-order valence-electron chi connectivity index (χ3n) is 4.43. The molecule has 2 fully saturated rings. The van der Waals surface area contributed by atoms with E-state index < -0.39 is 0 Å². The highest BCUT2D eigenvalue weighted by molar-refractivity contribution is 9.10. The Morgan fingerprint density at radius 2 is 2.22 bits per heavy atom. The fraction of sp³-hybridized carbons (Fsp3) is 0.529. The molecular formula is C17H21BrN2O3. The number of hydrogen-bond acceptors (Lipinski definition) is 3. The van der Waals surface area contributed by atoms with Crippen LogP contribution < -0.4 is 10.2 Å². The Bertz CT molecular complexity index is 587. The summed E-state index contributed by atoms with van der Waals surface area (Å²) in [6.07, 6.45) is 3.58. The Hall–Kier alpha value is -1.40. The molecule has 6 heteroatoms. The molecule has 0 unspecified atom stereocenters. The maximum absolute atomic E-state index is 12.3. The minimum atomic E-state index is -0.279. The smallest absolute Gasteiger partial charge is 0.227 e. The molecule has 0 saturated carbocycles. The standard InChI is InChI=1S/C17H21BrN2O3/c18-14-5-1-2-6-15(14)20-11-12(10-16(20)21)17(22)19-8-7-13-4-3-9-23-13/h1-2,5-6,12-13H,3-4,7-11H2,(H,19,22)/t12-,13-/m0/s1. The predicted octanol–water partition coefficient (Wildman–Crippen LogP) is 2.49. The quantitative estimate of drug-likeness (QED) is 0.853. The first kappa shape index (κ1) is 16.5. The number of para-hydroxylation sites is 1. The monoisotopic (exact) mass is 380 g/mol. The SMILES string of the molecule is O=C(NCC[C@@H]1CCCO1)[C@H]1CC(=O)N(c2ccccc2Br)C1. The molecule has 0 radical (unpaired) electrons. The topological polar surface area (TPSA) is 58.6 Å². The van der Waals surface area contributed by atoms with Gasteiger partial charge in [0, 0.05) is 30.6 Å². The Morgan fingerprint density at radius 3 is 2.96 bits per heavy atom. The van der Waals surface area contributed by atoms with Gasteiger partial charge in [0.1, 0.15) is 0 Å². The number of benzene rings is 1. The second-order valence-corrected chi connectivity index (χ2v) is 6.93. The second kappa shape index (κ2) is 7.45. The maximum Gasteiger partial charge on any atom is 0.227 e. The Kier molecular flexibility index (Phi) is 5.33. The van der Waals surface area contributed by atoms with Crippen molar-refractivity contribution in [3.63, 3.8) is 0 Å². The average molecular weight is 381 g/mol. The molecule has 3 rings (SSSR count). The van der Waals surface area contributed by atoms with Gasteiger partial charge in [0.25, 0.3) is 0 Å². The maximum atomic E-state index is 12.3. The largest absolute Gasteiger partial charge is 0.378 e. The molecule has 0 aromatic heterocycles. The summed E-state index contributed by atoms with van der Waals surface area (Å²) in [5.41, 5.74) is 0.826. The van der Waals surface area contributed by atoms with Crippen LogP contribution in [0, 0.1) is 5.92 Å². The van der Waals surface area contributed by atoms with E-state index in [0.717, 1.165) is 36.0 Å². The zero-order valence-corrected chi connectivity index (χ0v) is 14.5. The fourth-order valence-electron chi connectivity index (χ4n) is 3.16. The van der Waals surface area contributed by atoms with Gasteiger partial charge >= 0.3 is 0 Å². The third-order valence-corrected chi connectivity index (χ3v) is 5.10. The van der Waals surface area contributed by atoms with Crippen molar-refractivity contribution in [3.05, 3.63) is 28.7 Å². The van der Waals surface area contributed by atoms with Gasteiger partial charge in [0.05, 0.1) is 17.7 Å². The van der Waals surface area contributed by atoms with E-state index in [1.165, 1.54) is 0 Å². The van der Waals surface area contributed by atoms with Gasteiger partial charge in [-0.15, -0.1) is 0 Å². The molecule has 1 N–H and O–H groups in total. The highest BCUT2D eigenvalue weighted by Crippen LogP contribution is 2.31. The van der Waals surface area contributed by atoms with Gasteiger partial charge in [-0.3, -0.25) is 9.59 Å². The van der Waals surface area contributed by atoms with Crippen LogP contribution in [-0.4, -0.2) is 37.6 Å². The Labute approximate surface area is 144 Å². The summed E-state index contributed by atoms with van der Waals surface area (Å²) in [5, 5.41) is 2.95. The van der Waals surface area contributed by atoms with Crippen molar-refractivity contribution < 1.29 is 14.3 Å². The summed E-state index contributed by atoms with van der Waals surface area (Å²) in [6.45, 7) is 1.88. The zero-order valence-electron chi connectivity index (χ0n) is 13.0. The van der Waals surface area contributed by atoms with Crippen LogP contribution in [-0.2, 0) is 14.3 Å². The molecular weight excluding hydrogens is 360 g/mol. The van der Waals surface area contributed by atoms with Gasteiger partial charge < -0.3 is 15.0 Å².